The van der Waals surface area contributed by atoms with E-state index in [1.807, 2.05) is 31.1 Å². The summed E-state index contributed by atoms with van der Waals surface area (Å²) in [6, 6.07) is 9.19. The summed E-state index contributed by atoms with van der Waals surface area (Å²) >= 11 is 0. The predicted octanol–water partition coefficient (Wildman–Crippen LogP) is 5.05. The average Bonchev–Trinajstić information content (AvgIpc) is 3.17. The van der Waals surface area contributed by atoms with Gasteiger partial charge in [-0.2, -0.15) is 0 Å². The first kappa shape index (κ1) is 26.9. The van der Waals surface area contributed by atoms with Crippen molar-refractivity contribution in [2.75, 3.05) is 25.5 Å². The van der Waals surface area contributed by atoms with E-state index in [4.69, 9.17) is 4.98 Å². The highest BCUT2D eigenvalue weighted by Crippen LogP contribution is 2.44. The van der Waals surface area contributed by atoms with E-state index in [0.717, 1.165) is 23.0 Å². The van der Waals surface area contributed by atoms with Gasteiger partial charge in [-0.05, 0) is 73.4 Å². The first-order valence-electron chi connectivity index (χ1n) is 13.9. The molecule has 1 aromatic carbocycles. The molecule has 9 nitrogen and oxygen atoms in total. The molecule has 1 aliphatic heterocycles. The Labute approximate surface area is 235 Å². The highest BCUT2D eigenvalue weighted by atomic mass is 19.2. The van der Waals surface area contributed by atoms with E-state index in [2.05, 4.69) is 9.97 Å². The van der Waals surface area contributed by atoms with E-state index < -0.39 is 23.8 Å². The Kier molecular flexibility index (Phi) is 6.96. The van der Waals surface area contributed by atoms with Gasteiger partial charge in [0.15, 0.2) is 17.3 Å². The second kappa shape index (κ2) is 10.6. The molecule has 1 aliphatic carbocycles. The molecule has 1 amide bonds. The summed E-state index contributed by atoms with van der Waals surface area (Å²) in [6.45, 7) is 0.258. The van der Waals surface area contributed by atoms with Gasteiger partial charge in [0.05, 0.1) is 17.4 Å². The van der Waals surface area contributed by atoms with Crippen LogP contribution in [0.3, 0.4) is 0 Å². The summed E-state index contributed by atoms with van der Waals surface area (Å²) in [6.07, 6.45) is 4.78. The van der Waals surface area contributed by atoms with Gasteiger partial charge in [0.2, 0.25) is 0 Å². The fourth-order valence-corrected chi connectivity index (χ4v) is 6.76. The number of halogens is 2. The molecule has 0 bridgehead atoms. The first-order valence-corrected chi connectivity index (χ1v) is 13.9. The Bertz CT molecular complexity index is 1670. The van der Waals surface area contributed by atoms with Gasteiger partial charge >= 0.3 is 11.8 Å². The number of carboxylic acid groups (broad SMARTS) is 1. The lowest BCUT2D eigenvalue weighted by atomic mass is 9.82. The number of anilines is 1. The third-order valence-corrected chi connectivity index (χ3v) is 8.75. The molecule has 2 N–H and O–H groups in total. The second-order valence-electron chi connectivity index (χ2n) is 11.3. The maximum absolute atomic E-state index is 15.0. The third kappa shape index (κ3) is 4.83. The number of nitrogens with one attached hydrogen (secondary N) is 1. The number of likely N-dealkylation sites (tertiary alicyclic amines) is 1. The minimum absolute atomic E-state index is 0.245. The smallest absolute Gasteiger partial charge is 0.407 e. The van der Waals surface area contributed by atoms with Crippen molar-refractivity contribution in [2.24, 2.45) is 0 Å². The molecule has 2 unspecified atom stereocenters. The molecular formula is C30H32F2N6O3. The van der Waals surface area contributed by atoms with Crippen LogP contribution >= 0.6 is 0 Å². The average molecular weight is 563 g/mol. The van der Waals surface area contributed by atoms with E-state index in [1.165, 1.54) is 11.0 Å². The number of hydrogen-bond donors (Lipinski definition) is 2. The van der Waals surface area contributed by atoms with Crippen LogP contribution in [-0.2, 0) is 6.42 Å². The van der Waals surface area contributed by atoms with Crippen molar-refractivity contribution in [1.29, 1.82) is 0 Å². The fraction of sp³-hybridized carbons (Fsp3) is 0.400. The number of piperidine rings is 1. The van der Waals surface area contributed by atoms with Crippen molar-refractivity contribution in [2.45, 2.75) is 56.0 Å². The molecule has 2 aliphatic rings. The summed E-state index contributed by atoms with van der Waals surface area (Å²) in [5.74, 6) is -2.31. The lowest BCUT2D eigenvalue weighted by Crippen LogP contribution is -2.49. The van der Waals surface area contributed by atoms with E-state index in [1.54, 1.807) is 29.1 Å². The van der Waals surface area contributed by atoms with Crippen molar-refractivity contribution in [3.8, 4) is 0 Å². The SMILES string of the molecule is CN(C)c1cnc2c(c1)C[C@H](c1cccc(F)c1F)CC[C@@H]2C1CC(n2c(=O)[nH]c3ncccc32)CCN1C(=O)O. The van der Waals surface area contributed by atoms with Crippen LogP contribution in [0.1, 0.15) is 60.4 Å². The van der Waals surface area contributed by atoms with Crippen molar-refractivity contribution >= 4 is 22.9 Å². The molecule has 4 atom stereocenters. The Morgan fingerprint density at radius 1 is 1.12 bits per heavy atom. The number of nitrogens with zero attached hydrogens (tertiary/aromatic N) is 5. The first-order chi connectivity index (χ1) is 19.7. The number of benzene rings is 1. The summed E-state index contributed by atoms with van der Waals surface area (Å²) in [5.41, 5.74) is 3.77. The Balaban J connectivity index is 1.42. The van der Waals surface area contributed by atoms with Crippen LogP contribution in [0.25, 0.3) is 11.2 Å². The molecule has 0 radical (unpaired) electrons. The monoisotopic (exact) mass is 562 g/mol. The van der Waals surface area contributed by atoms with Gasteiger partial charge < -0.3 is 14.9 Å². The van der Waals surface area contributed by atoms with Gasteiger partial charge in [-0.1, -0.05) is 12.1 Å². The van der Waals surface area contributed by atoms with E-state index in [9.17, 15) is 23.5 Å². The van der Waals surface area contributed by atoms with E-state index >= 15 is 0 Å². The largest absolute Gasteiger partial charge is 0.465 e. The minimum atomic E-state index is -1.02. The van der Waals surface area contributed by atoms with Gasteiger partial charge in [0.25, 0.3) is 0 Å². The summed E-state index contributed by atoms with van der Waals surface area (Å²) in [7, 11) is 3.82. The molecule has 4 aromatic rings. The van der Waals surface area contributed by atoms with E-state index in [0.29, 0.717) is 48.8 Å². The fourth-order valence-electron chi connectivity index (χ4n) is 6.76. The number of pyridine rings is 2. The van der Waals surface area contributed by atoms with Gasteiger partial charge in [-0.3, -0.25) is 14.5 Å². The van der Waals surface area contributed by atoms with Gasteiger partial charge in [0, 0.05) is 50.5 Å². The summed E-state index contributed by atoms with van der Waals surface area (Å²) < 4.78 is 30.9. The molecule has 3 aromatic heterocycles. The number of fused-ring (bicyclic) bond motifs is 2. The number of rotatable bonds is 4. The normalized spacial score (nSPS) is 22.8. The number of hydrogen-bond acceptors (Lipinski definition) is 5. The third-order valence-electron chi connectivity index (χ3n) is 8.75. The second-order valence-corrected chi connectivity index (χ2v) is 11.3. The zero-order valence-corrected chi connectivity index (χ0v) is 22.9. The quantitative estimate of drug-likeness (QED) is 0.337. The molecule has 41 heavy (non-hydrogen) atoms. The van der Waals surface area contributed by atoms with Gasteiger partial charge in [0.1, 0.15) is 0 Å². The summed E-state index contributed by atoms with van der Waals surface area (Å²) in [4.78, 5) is 40.9. The van der Waals surface area contributed by atoms with Crippen LogP contribution in [0.5, 0.6) is 0 Å². The lowest BCUT2D eigenvalue weighted by molar-refractivity contribution is 0.0779. The molecule has 0 spiro atoms. The number of aromatic amines is 1. The van der Waals surface area contributed by atoms with Gasteiger partial charge in [-0.25, -0.2) is 23.4 Å². The maximum Gasteiger partial charge on any atom is 0.407 e. The highest BCUT2D eigenvalue weighted by molar-refractivity contribution is 5.70. The van der Waals surface area contributed by atoms with Gasteiger partial charge in [-0.15, -0.1) is 0 Å². The zero-order valence-electron chi connectivity index (χ0n) is 22.9. The lowest BCUT2D eigenvalue weighted by Gasteiger charge is -2.42. The number of H-pyrrole nitrogens is 1. The number of amides is 1. The maximum atomic E-state index is 15.0. The molecule has 1 saturated heterocycles. The number of carbonyl (C=O) groups is 1. The van der Waals surface area contributed by atoms with Crippen molar-refractivity contribution in [1.82, 2.24) is 24.4 Å². The van der Waals surface area contributed by atoms with Crippen molar-refractivity contribution in [3.63, 3.8) is 0 Å². The molecule has 1 fully saturated rings. The zero-order chi connectivity index (χ0) is 28.8. The Morgan fingerprint density at radius 2 is 1.95 bits per heavy atom. The van der Waals surface area contributed by atoms with Crippen LogP contribution in [0.4, 0.5) is 19.3 Å². The number of aromatic nitrogens is 4. The van der Waals surface area contributed by atoms with Crippen LogP contribution in [0.15, 0.2) is 53.6 Å². The van der Waals surface area contributed by atoms with Crippen LogP contribution in [-0.4, -0.2) is 62.3 Å². The Morgan fingerprint density at radius 3 is 2.73 bits per heavy atom. The van der Waals surface area contributed by atoms with Crippen molar-refractivity contribution in [3.05, 3.63) is 87.7 Å². The molecule has 0 saturated carbocycles. The summed E-state index contributed by atoms with van der Waals surface area (Å²) in [5, 5.41) is 10.2. The Hall–Kier alpha value is -4.28. The van der Waals surface area contributed by atoms with Crippen LogP contribution in [0.2, 0.25) is 0 Å². The van der Waals surface area contributed by atoms with Crippen LogP contribution in [0, 0.1) is 11.6 Å². The minimum Gasteiger partial charge on any atom is -0.465 e. The molecular weight excluding hydrogens is 530 g/mol. The molecule has 6 rings (SSSR count). The molecule has 11 heteroatoms. The topological polar surface area (TPSA) is 107 Å². The molecule has 4 heterocycles. The van der Waals surface area contributed by atoms with E-state index in [-0.39, 0.29) is 30.1 Å². The predicted molar refractivity (Wildman–Crippen MR) is 150 cm³/mol. The molecule has 214 valence electrons. The van der Waals surface area contributed by atoms with Crippen molar-refractivity contribution < 1.29 is 18.7 Å². The standard InChI is InChI=1S/C30H32F2N6O3/c1-36(2)20-14-18-13-17(21-5-3-6-23(31)26(21)32)8-9-22(27(18)34-16-20)25-15-19(10-12-37(25)30(40)41)38-24-7-4-11-33-28(24)35-29(38)39/h3-7,11,14,16-17,19,22,25H,8-10,12-13,15H2,1-2H3,(H,40,41)(H,33,35,39)/t17-,19?,22-,25?/m1/s1. The number of imidazole rings is 1. The van der Waals surface area contributed by atoms with Crippen LogP contribution < -0.4 is 10.6 Å². The highest BCUT2D eigenvalue weighted by Gasteiger charge is 2.41.